The smallest absolute Gasteiger partial charge is 0.356 e. The molecule has 0 aliphatic carbocycles. The zero-order chi connectivity index (χ0) is 21.0. The third-order valence-electron chi connectivity index (χ3n) is 4.42. The van der Waals surface area contributed by atoms with Crippen LogP contribution in [0.2, 0.25) is 0 Å². The number of phenolic OH excluding ortho intramolecular Hbond substituents is 1. The molecule has 0 saturated heterocycles. The van der Waals surface area contributed by atoms with Crippen molar-refractivity contribution < 1.29 is 15.0 Å². The number of hydrogen-bond donors (Lipinski definition) is 3. The number of aliphatic carboxylic acids is 1. The van der Waals surface area contributed by atoms with E-state index in [4.69, 9.17) is 0 Å². The zero-order valence-electron chi connectivity index (χ0n) is 16.0. The Bertz CT molecular complexity index is 1130. The molecule has 29 heavy (non-hydrogen) atoms. The molecule has 0 heterocycles. The van der Waals surface area contributed by atoms with E-state index in [2.05, 4.69) is 10.5 Å². The summed E-state index contributed by atoms with van der Waals surface area (Å²) in [5, 5.41) is 33.5. The minimum absolute atomic E-state index is 0.0776. The number of aryl methyl sites for hydroxylation is 2. The number of aromatic hydroxyl groups is 1. The lowest BCUT2D eigenvalue weighted by atomic mass is 9.95. The van der Waals surface area contributed by atoms with E-state index in [9.17, 15) is 20.3 Å². The van der Waals surface area contributed by atoms with Gasteiger partial charge in [0, 0.05) is 11.1 Å². The maximum Gasteiger partial charge on any atom is 0.356 e. The Hall–Kier alpha value is -4.11. The van der Waals surface area contributed by atoms with E-state index < -0.39 is 5.97 Å². The third kappa shape index (κ3) is 4.42. The monoisotopic (exact) mass is 385 g/mol. The van der Waals surface area contributed by atoms with Crippen molar-refractivity contribution in [3.63, 3.8) is 0 Å². The van der Waals surface area contributed by atoms with E-state index in [0.717, 1.165) is 11.1 Å². The van der Waals surface area contributed by atoms with Gasteiger partial charge in [-0.2, -0.15) is 10.4 Å². The first-order valence-electron chi connectivity index (χ1n) is 8.87. The van der Waals surface area contributed by atoms with E-state index in [-0.39, 0.29) is 22.6 Å². The van der Waals surface area contributed by atoms with Crippen LogP contribution < -0.4 is 5.43 Å². The Labute approximate surface area is 168 Å². The molecule has 6 nitrogen and oxygen atoms in total. The molecule has 3 aromatic rings. The molecule has 0 unspecified atom stereocenters. The summed E-state index contributed by atoms with van der Waals surface area (Å²) >= 11 is 0. The van der Waals surface area contributed by atoms with E-state index in [0.29, 0.717) is 16.8 Å². The van der Waals surface area contributed by atoms with Crippen LogP contribution in [0.25, 0.3) is 11.1 Å². The molecule has 6 heteroatoms. The van der Waals surface area contributed by atoms with Crippen molar-refractivity contribution in [1.29, 1.82) is 5.26 Å². The molecule has 0 atom stereocenters. The van der Waals surface area contributed by atoms with Crippen molar-refractivity contribution in [3.8, 4) is 22.9 Å². The normalized spacial score (nSPS) is 11.0. The summed E-state index contributed by atoms with van der Waals surface area (Å²) in [5.41, 5.74) is 6.58. The number of benzene rings is 3. The maximum atomic E-state index is 11.8. The summed E-state index contributed by atoms with van der Waals surface area (Å²) in [6, 6.07) is 19.5. The largest absolute Gasteiger partial charge is 0.507 e. The highest BCUT2D eigenvalue weighted by atomic mass is 16.4. The summed E-state index contributed by atoms with van der Waals surface area (Å²) < 4.78 is 0. The van der Waals surface area contributed by atoms with Crippen LogP contribution in [0, 0.1) is 25.2 Å². The van der Waals surface area contributed by atoms with Gasteiger partial charge in [-0.15, -0.1) is 0 Å². The molecular formula is C23H19N3O3. The van der Waals surface area contributed by atoms with Gasteiger partial charge in [0.15, 0.2) is 5.71 Å². The van der Waals surface area contributed by atoms with Crippen LogP contribution in [0.4, 0.5) is 5.69 Å². The number of nitriles is 1. The minimum Gasteiger partial charge on any atom is -0.507 e. The Morgan fingerprint density at radius 2 is 1.59 bits per heavy atom. The Kier molecular flexibility index (Phi) is 5.61. The molecule has 144 valence electrons. The molecule has 0 bridgehead atoms. The van der Waals surface area contributed by atoms with Crippen LogP contribution in [0.3, 0.4) is 0 Å². The number of rotatable bonds is 5. The lowest BCUT2D eigenvalue weighted by Gasteiger charge is -2.11. The Balaban J connectivity index is 2.08. The van der Waals surface area contributed by atoms with Gasteiger partial charge in [0.25, 0.3) is 0 Å². The van der Waals surface area contributed by atoms with E-state index in [1.807, 2.05) is 56.3 Å². The fraction of sp³-hybridized carbons (Fsp3) is 0.0870. The fourth-order valence-electron chi connectivity index (χ4n) is 2.83. The number of anilines is 1. The molecular weight excluding hydrogens is 366 g/mol. The van der Waals surface area contributed by atoms with Gasteiger partial charge in [-0.3, -0.25) is 5.43 Å². The SMILES string of the molecule is Cc1ccc(N/N=C(/C(=O)O)c2cc(O)c(C#N)c(-c3ccc(C)cc3)c2)cc1. The van der Waals surface area contributed by atoms with Crippen LogP contribution in [-0.4, -0.2) is 21.9 Å². The molecule has 0 amide bonds. The maximum absolute atomic E-state index is 11.8. The number of hydrazone groups is 1. The van der Waals surface area contributed by atoms with Crippen molar-refractivity contribution in [3.05, 3.63) is 82.9 Å². The van der Waals surface area contributed by atoms with Crippen molar-refractivity contribution in [1.82, 2.24) is 0 Å². The first-order valence-corrected chi connectivity index (χ1v) is 8.87. The fourth-order valence-corrected chi connectivity index (χ4v) is 2.83. The third-order valence-corrected chi connectivity index (χ3v) is 4.42. The number of hydrogen-bond acceptors (Lipinski definition) is 5. The average Bonchev–Trinajstić information content (AvgIpc) is 2.69. The number of carboxylic acid groups (broad SMARTS) is 1. The van der Waals surface area contributed by atoms with Crippen molar-refractivity contribution in [2.45, 2.75) is 13.8 Å². The van der Waals surface area contributed by atoms with Gasteiger partial charge in [-0.1, -0.05) is 47.5 Å². The van der Waals surface area contributed by atoms with Crippen LogP contribution >= 0.6 is 0 Å². The van der Waals surface area contributed by atoms with Gasteiger partial charge in [0.1, 0.15) is 17.4 Å². The number of nitrogens with one attached hydrogen (secondary N) is 1. The van der Waals surface area contributed by atoms with Crippen molar-refractivity contribution >= 4 is 17.4 Å². The highest BCUT2D eigenvalue weighted by Gasteiger charge is 2.19. The summed E-state index contributed by atoms with van der Waals surface area (Å²) in [6.07, 6.45) is 0. The average molecular weight is 385 g/mol. The molecule has 0 spiro atoms. The molecule has 3 aromatic carbocycles. The predicted molar refractivity (Wildman–Crippen MR) is 112 cm³/mol. The lowest BCUT2D eigenvalue weighted by molar-refractivity contribution is -0.129. The standard InChI is InChI=1S/C23H19N3O3/c1-14-3-7-16(8-4-14)19-11-17(12-21(27)20(19)13-24)22(23(28)29)26-25-18-9-5-15(2)6-10-18/h3-12,25,27H,1-2H3,(H,28,29)/b26-22+. The van der Waals surface area contributed by atoms with E-state index >= 15 is 0 Å². The van der Waals surface area contributed by atoms with Gasteiger partial charge >= 0.3 is 5.97 Å². The molecule has 0 fully saturated rings. The van der Waals surface area contributed by atoms with E-state index in [1.165, 1.54) is 6.07 Å². The van der Waals surface area contributed by atoms with Gasteiger partial charge in [-0.05, 0) is 43.7 Å². The van der Waals surface area contributed by atoms with Crippen molar-refractivity contribution in [2.24, 2.45) is 5.10 Å². The van der Waals surface area contributed by atoms with Gasteiger partial charge in [-0.25, -0.2) is 4.79 Å². The topological polar surface area (TPSA) is 106 Å². The molecule has 3 rings (SSSR count). The summed E-state index contributed by atoms with van der Waals surface area (Å²) in [5.74, 6) is -1.56. The van der Waals surface area contributed by atoms with Gasteiger partial charge in [0.05, 0.1) is 5.69 Å². The number of carbonyl (C=O) groups is 1. The van der Waals surface area contributed by atoms with Crippen LogP contribution in [0.15, 0.2) is 65.8 Å². The molecule has 0 aliphatic heterocycles. The van der Waals surface area contributed by atoms with Gasteiger partial charge < -0.3 is 10.2 Å². The predicted octanol–water partition coefficient (Wildman–Crippen LogP) is 4.45. The zero-order valence-corrected chi connectivity index (χ0v) is 16.0. The second-order valence-electron chi connectivity index (χ2n) is 6.64. The first kappa shape index (κ1) is 19.6. The first-order chi connectivity index (χ1) is 13.9. The number of phenols is 1. The highest BCUT2D eigenvalue weighted by Crippen LogP contribution is 2.32. The van der Waals surface area contributed by atoms with Crippen LogP contribution in [0.1, 0.15) is 22.3 Å². The quantitative estimate of drug-likeness (QED) is 0.444. The molecule has 3 N–H and O–H groups in total. The lowest BCUT2D eigenvalue weighted by Crippen LogP contribution is -2.16. The molecule has 0 saturated carbocycles. The molecule has 0 aliphatic rings. The second-order valence-corrected chi connectivity index (χ2v) is 6.64. The number of nitrogens with zero attached hydrogens (tertiary/aromatic N) is 2. The minimum atomic E-state index is -1.26. The summed E-state index contributed by atoms with van der Waals surface area (Å²) in [4.78, 5) is 11.8. The Morgan fingerprint density at radius 1 is 1.00 bits per heavy atom. The van der Waals surface area contributed by atoms with Crippen LogP contribution in [0.5, 0.6) is 5.75 Å². The van der Waals surface area contributed by atoms with Gasteiger partial charge in [0.2, 0.25) is 0 Å². The highest BCUT2D eigenvalue weighted by molar-refractivity contribution is 6.42. The van der Waals surface area contributed by atoms with Crippen molar-refractivity contribution in [2.75, 3.05) is 5.43 Å². The van der Waals surface area contributed by atoms with E-state index in [1.54, 1.807) is 18.2 Å². The van der Waals surface area contributed by atoms with Crippen LogP contribution in [-0.2, 0) is 4.79 Å². The molecule has 0 aromatic heterocycles. The summed E-state index contributed by atoms with van der Waals surface area (Å²) in [6.45, 7) is 3.89. The molecule has 0 radical (unpaired) electrons. The summed E-state index contributed by atoms with van der Waals surface area (Å²) in [7, 11) is 0. The Morgan fingerprint density at radius 3 is 2.14 bits per heavy atom. The second kappa shape index (κ2) is 8.28. The number of carboxylic acids is 1.